The van der Waals surface area contributed by atoms with Crippen LogP contribution >= 0.6 is 11.8 Å². The van der Waals surface area contributed by atoms with Gasteiger partial charge in [-0.1, -0.05) is 25.1 Å². The maximum absolute atomic E-state index is 4.30. The highest BCUT2D eigenvalue weighted by molar-refractivity contribution is 7.98. The van der Waals surface area contributed by atoms with E-state index >= 15 is 0 Å². The molecule has 2 nitrogen and oxygen atoms in total. The number of thioether (sulfide) groups is 1. The minimum atomic E-state index is 0.216. The quantitative estimate of drug-likeness (QED) is 0.838. The van der Waals surface area contributed by atoms with Crippen LogP contribution in [0.3, 0.4) is 0 Å². The predicted octanol–water partition coefficient (Wildman–Crippen LogP) is 3.81. The smallest absolute Gasteiger partial charge is 0.0591 e. The number of aromatic nitrogens is 1. The number of aryl methyl sites for hydroxylation is 1. The molecule has 0 radical (unpaired) electrons. The van der Waals surface area contributed by atoms with Gasteiger partial charge < -0.3 is 5.32 Å². The molecule has 100 valence electrons. The Morgan fingerprint density at radius 1 is 1.16 bits per heavy atom. The third kappa shape index (κ3) is 3.58. The summed E-state index contributed by atoms with van der Waals surface area (Å²) in [6.45, 7) is 5.14. The van der Waals surface area contributed by atoms with E-state index in [1.54, 1.807) is 11.8 Å². The number of rotatable bonds is 5. The first-order chi connectivity index (χ1) is 9.24. The lowest BCUT2D eigenvalue weighted by molar-refractivity contribution is 0.628. The van der Waals surface area contributed by atoms with Crippen molar-refractivity contribution in [2.24, 2.45) is 0 Å². The molecule has 1 heterocycles. The van der Waals surface area contributed by atoms with Gasteiger partial charge in [0.2, 0.25) is 0 Å². The molecular weight excluding hydrogens is 252 g/mol. The van der Waals surface area contributed by atoms with E-state index < -0.39 is 0 Å². The van der Waals surface area contributed by atoms with Gasteiger partial charge in [0.25, 0.3) is 0 Å². The second-order valence-electron chi connectivity index (χ2n) is 4.56. The van der Waals surface area contributed by atoms with Gasteiger partial charge in [-0.05, 0) is 48.5 Å². The molecule has 0 amide bonds. The summed E-state index contributed by atoms with van der Waals surface area (Å²) in [5.41, 5.74) is 3.70. The molecule has 0 saturated heterocycles. The molecular formula is C16H20N2S. The fourth-order valence-corrected chi connectivity index (χ4v) is 2.57. The van der Waals surface area contributed by atoms with E-state index in [9.17, 15) is 0 Å². The summed E-state index contributed by atoms with van der Waals surface area (Å²) < 4.78 is 0. The number of benzene rings is 1. The Morgan fingerprint density at radius 3 is 2.47 bits per heavy atom. The van der Waals surface area contributed by atoms with Crippen LogP contribution in [0.2, 0.25) is 0 Å². The summed E-state index contributed by atoms with van der Waals surface area (Å²) in [6, 6.07) is 11.2. The van der Waals surface area contributed by atoms with E-state index in [0.717, 1.165) is 6.54 Å². The number of nitrogens with one attached hydrogen (secondary N) is 1. The number of hydrogen-bond acceptors (Lipinski definition) is 3. The van der Waals surface area contributed by atoms with Crippen LogP contribution in [0.15, 0.2) is 47.6 Å². The highest BCUT2D eigenvalue weighted by Crippen LogP contribution is 2.24. The van der Waals surface area contributed by atoms with Crippen LogP contribution in [0, 0.1) is 6.92 Å². The molecule has 0 aliphatic carbocycles. The topological polar surface area (TPSA) is 24.9 Å². The predicted molar refractivity (Wildman–Crippen MR) is 82.7 cm³/mol. The van der Waals surface area contributed by atoms with Crippen LogP contribution in [0.1, 0.15) is 29.7 Å². The van der Waals surface area contributed by atoms with Crippen LogP contribution in [-0.2, 0) is 0 Å². The van der Waals surface area contributed by atoms with Crippen LogP contribution in [-0.4, -0.2) is 17.8 Å². The first-order valence-electron chi connectivity index (χ1n) is 6.53. The second-order valence-corrected chi connectivity index (χ2v) is 5.44. The Kier molecular flexibility index (Phi) is 5.00. The molecule has 1 aromatic carbocycles. The lowest BCUT2D eigenvalue weighted by Gasteiger charge is -2.19. The van der Waals surface area contributed by atoms with Gasteiger partial charge in [-0.25, -0.2) is 0 Å². The summed E-state index contributed by atoms with van der Waals surface area (Å²) in [7, 11) is 0. The normalized spacial score (nSPS) is 12.4. The van der Waals surface area contributed by atoms with Gasteiger partial charge in [0, 0.05) is 17.3 Å². The van der Waals surface area contributed by atoms with Crippen LogP contribution < -0.4 is 5.32 Å². The summed E-state index contributed by atoms with van der Waals surface area (Å²) in [5.74, 6) is 0. The zero-order valence-corrected chi connectivity index (χ0v) is 12.5. The van der Waals surface area contributed by atoms with Gasteiger partial charge in [0.15, 0.2) is 0 Å². The van der Waals surface area contributed by atoms with Crippen molar-refractivity contribution < 1.29 is 0 Å². The van der Waals surface area contributed by atoms with Gasteiger partial charge in [0.1, 0.15) is 0 Å². The Labute approximate surface area is 119 Å². The monoisotopic (exact) mass is 272 g/mol. The third-order valence-corrected chi connectivity index (χ3v) is 3.83. The molecule has 0 saturated carbocycles. The lowest BCUT2D eigenvalue weighted by Crippen LogP contribution is -2.22. The van der Waals surface area contributed by atoms with E-state index in [1.807, 2.05) is 12.4 Å². The molecule has 3 heteroatoms. The van der Waals surface area contributed by atoms with Crippen LogP contribution in [0.4, 0.5) is 0 Å². The van der Waals surface area contributed by atoms with Crippen molar-refractivity contribution in [2.45, 2.75) is 24.8 Å². The SMILES string of the molecule is CCNC(c1ccc(SC)cc1)c1cncc(C)c1. The summed E-state index contributed by atoms with van der Waals surface area (Å²) in [5, 5.41) is 3.53. The summed E-state index contributed by atoms with van der Waals surface area (Å²) >= 11 is 1.77. The zero-order valence-electron chi connectivity index (χ0n) is 11.7. The van der Waals surface area contributed by atoms with E-state index in [4.69, 9.17) is 0 Å². The molecule has 0 bridgehead atoms. The van der Waals surface area contributed by atoms with E-state index in [0.29, 0.717) is 0 Å². The van der Waals surface area contributed by atoms with Crippen LogP contribution in [0.5, 0.6) is 0 Å². The minimum absolute atomic E-state index is 0.216. The maximum Gasteiger partial charge on any atom is 0.0591 e. The maximum atomic E-state index is 4.30. The largest absolute Gasteiger partial charge is 0.306 e. The zero-order chi connectivity index (χ0) is 13.7. The molecule has 2 aromatic rings. The Morgan fingerprint density at radius 2 is 1.89 bits per heavy atom. The molecule has 1 N–H and O–H groups in total. The highest BCUT2D eigenvalue weighted by atomic mass is 32.2. The number of hydrogen-bond donors (Lipinski definition) is 1. The molecule has 0 fully saturated rings. The Hall–Kier alpha value is -1.32. The molecule has 2 rings (SSSR count). The van der Waals surface area contributed by atoms with Crippen molar-refractivity contribution in [2.75, 3.05) is 12.8 Å². The van der Waals surface area contributed by atoms with E-state index in [2.05, 4.69) is 60.7 Å². The molecule has 1 atom stereocenters. The molecule has 0 aliphatic heterocycles. The summed E-state index contributed by atoms with van der Waals surface area (Å²) in [4.78, 5) is 5.60. The third-order valence-electron chi connectivity index (χ3n) is 3.09. The van der Waals surface area contributed by atoms with Crippen molar-refractivity contribution in [3.8, 4) is 0 Å². The Bertz CT molecular complexity index is 523. The first kappa shape index (κ1) is 14.1. The first-order valence-corrected chi connectivity index (χ1v) is 7.76. The van der Waals surface area contributed by atoms with Gasteiger partial charge >= 0.3 is 0 Å². The fraction of sp³-hybridized carbons (Fsp3) is 0.312. The van der Waals surface area contributed by atoms with Crippen molar-refractivity contribution in [1.82, 2.24) is 10.3 Å². The van der Waals surface area contributed by atoms with Crippen molar-refractivity contribution in [3.05, 3.63) is 59.4 Å². The van der Waals surface area contributed by atoms with Gasteiger partial charge in [0.05, 0.1) is 6.04 Å². The van der Waals surface area contributed by atoms with Gasteiger partial charge in [-0.2, -0.15) is 0 Å². The highest BCUT2D eigenvalue weighted by Gasteiger charge is 2.13. The number of nitrogens with zero attached hydrogens (tertiary/aromatic N) is 1. The van der Waals surface area contributed by atoms with Crippen molar-refractivity contribution in [1.29, 1.82) is 0 Å². The van der Waals surface area contributed by atoms with Gasteiger partial charge in [-0.15, -0.1) is 11.8 Å². The molecule has 0 aliphatic rings. The molecule has 19 heavy (non-hydrogen) atoms. The second kappa shape index (κ2) is 6.73. The number of pyridine rings is 1. The fourth-order valence-electron chi connectivity index (χ4n) is 2.16. The van der Waals surface area contributed by atoms with Crippen molar-refractivity contribution >= 4 is 11.8 Å². The van der Waals surface area contributed by atoms with Crippen LogP contribution in [0.25, 0.3) is 0 Å². The van der Waals surface area contributed by atoms with E-state index in [1.165, 1.54) is 21.6 Å². The average Bonchev–Trinajstić information content (AvgIpc) is 2.45. The Balaban J connectivity index is 2.33. The molecule has 1 aromatic heterocycles. The van der Waals surface area contributed by atoms with Crippen molar-refractivity contribution in [3.63, 3.8) is 0 Å². The average molecular weight is 272 g/mol. The lowest BCUT2D eigenvalue weighted by atomic mass is 9.99. The van der Waals surface area contributed by atoms with Gasteiger partial charge in [-0.3, -0.25) is 4.98 Å². The standard InChI is InChI=1S/C16H20N2S/c1-4-18-16(14-9-12(2)10-17-11-14)13-5-7-15(19-3)8-6-13/h5-11,16,18H,4H2,1-3H3. The minimum Gasteiger partial charge on any atom is -0.306 e. The molecule has 0 spiro atoms. The summed E-state index contributed by atoms with van der Waals surface area (Å²) in [6.07, 6.45) is 5.94. The van der Waals surface area contributed by atoms with E-state index in [-0.39, 0.29) is 6.04 Å². The molecule has 1 unspecified atom stereocenters.